The summed E-state index contributed by atoms with van der Waals surface area (Å²) in [5.74, 6) is -1.58. The van der Waals surface area contributed by atoms with Gasteiger partial charge in [0.25, 0.3) is 0 Å². The van der Waals surface area contributed by atoms with Crippen LogP contribution in [0.2, 0.25) is 0 Å². The molecule has 0 saturated heterocycles. The zero-order chi connectivity index (χ0) is 15.2. The fraction of sp³-hybridized carbons (Fsp3) is 0.562. The molecule has 0 fully saturated rings. The number of ether oxygens (including phenoxy) is 2. The van der Waals surface area contributed by atoms with Crippen molar-refractivity contribution in [2.75, 3.05) is 7.11 Å². The van der Waals surface area contributed by atoms with E-state index in [9.17, 15) is 9.90 Å². The van der Waals surface area contributed by atoms with Gasteiger partial charge in [0.15, 0.2) is 5.79 Å². The van der Waals surface area contributed by atoms with Crippen molar-refractivity contribution in [2.24, 2.45) is 0 Å². The highest BCUT2D eigenvalue weighted by atomic mass is 16.6. The molecule has 0 bridgehead atoms. The quantitative estimate of drug-likeness (QED) is 0.616. The maximum Gasteiger partial charge on any atom is 0.308 e. The maximum atomic E-state index is 11.6. The second-order valence-corrected chi connectivity index (χ2v) is 4.90. The molecule has 0 aliphatic heterocycles. The number of rotatable bonds is 7. The first kappa shape index (κ1) is 16.7. The molecule has 0 spiro atoms. The zero-order valence-electron chi connectivity index (χ0n) is 12.7. The van der Waals surface area contributed by atoms with Crippen LogP contribution in [0.5, 0.6) is 0 Å². The number of hydrogen-bond acceptors (Lipinski definition) is 4. The van der Waals surface area contributed by atoms with E-state index in [1.165, 1.54) is 7.11 Å². The highest BCUT2D eigenvalue weighted by Gasteiger charge is 2.30. The van der Waals surface area contributed by atoms with Crippen LogP contribution in [-0.4, -0.2) is 24.0 Å². The van der Waals surface area contributed by atoms with Gasteiger partial charge in [-0.15, -0.1) is 0 Å². The average Bonchev–Trinajstić information content (AvgIpc) is 2.46. The molecule has 1 N–H and O–H groups in total. The molecule has 0 unspecified atom stereocenters. The summed E-state index contributed by atoms with van der Waals surface area (Å²) in [6.45, 7) is 5.67. The topological polar surface area (TPSA) is 55.8 Å². The first-order chi connectivity index (χ1) is 9.45. The Balaban J connectivity index is 3.03. The summed E-state index contributed by atoms with van der Waals surface area (Å²) in [6.07, 6.45) is 0.512. The van der Waals surface area contributed by atoms with E-state index in [-0.39, 0.29) is 12.4 Å². The highest BCUT2D eigenvalue weighted by Crippen LogP contribution is 2.31. The van der Waals surface area contributed by atoms with Gasteiger partial charge >= 0.3 is 5.97 Å². The lowest BCUT2D eigenvalue weighted by atomic mass is 10.00. The molecule has 1 atom stereocenters. The Morgan fingerprint density at radius 2 is 1.90 bits per heavy atom. The fourth-order valence-corrected chi connectivity index (χ4v) is 2.08. The molecule has 0 saturated carbocycles. The summed E-state index contributed by atoms with van der Waals surface area (Å²) >= 11 is 0. The molecule has 20 heavy (non-hydrogen) atoms. The number of aliphatic hydroxyl groups is 1. The molecule has 0 aromatic heterocycles. The molecule has 0 radical (unpaired) electrons. The lowest BCUT2D eigenvalue weighted by Crippen LogP contribution is -2.33. The summed E-state index contributed by atoms with van der Waals surface area (Å²) in [5.41, 5.74) is 1.93. The monoisotopic (exact) mass is 280 g/mol. The van der Waals surface area contributed by atoms with E-state index in [1.54, 1.807) is 0 Å². The number of carbonyl (C=O) groups is 1. The number of aryl methyl sites for hydroxylation is 1. The van der Waals surface area contributed by atoms with Gasteiger partial charge in [-0.05, 0) is 30.9 Å². The lowest BCUT2D eigenvalue weighted by Gasteiger charge is -2.31. The predicted molar refractivity (Wildman–Crippen MR) is 77.2 cm³/mol. The molecular weight excluding hydrogens is 256 g/mol. The van der Waals surface area contributed by atoms with Crippen molar-refractivity contribution in [3.05, 3.63) is 35.4 Å². The molecule has 0 heterocycles. The van der Waals surface area contributed by atoms with Crippen LogP contribution in [0.3, 0.4) is 0 Å². The van der Waals surface area contributed by atoms with E-state index < -0.39 is 11.9 Å². The van der Waals surface area contributed by atoms with Crippen LogP contribution in [0.15, 0.2) is 24.3 Å². The number of carbonyl (C=O) groups excluding carboxylic acids is 1. The van der Waals surface area contributed by atoms with Gasteiger partial charge in [0.1, 0.15) is 0 Å². The molecule has 0 aliphatic rings. The Kier molecular flexibility index (Phi) is 6.17. The summed E-state index contributed by atoms with van der Waals surface area (Å²) in [4.78, 5) is 11.6. The van der Waals surface area contributed by atoms with Gasteiger partial charge < -0.3 is 14.6 Å². The predicted octanol–water partition coefficient (Wildman–Crippen LogP) is 3.12. The number of methoxy groups -OCH3 is 1. The van der Waals surface area contributed by atoms with Gasteiger partial charge in [0, 0.05) is 0 Å². The molecule has 1 aromatic carbocycles. The molecule has 0 aliphatic carbocycles. The molecule has 0 amide bonds. The second-order valence-electron chi connectivity index (χ2n) is 4.90. The smallest absolute Gasteiger partial charge is 0.308 e. The van der Waals surface area contributed by atoms with Crippen molar-refractivity contribution >= 4 is 5.97 Å². The lowest BCUT2D eigenvalue weighted by molar-refractivity contribution is -0.237. The van der Waals surface area contributed by atoms with E-state index in [1.807, 2.05) is 45.0 Å². The van der Waals surface area contributed by atoms with Crippen LogP contribution in [0, 0.1) is 6.92 Å². The number of hydrogen-bond donors (Lipinski definition) is 1. The van der Waals surface area contributed by atoms with Crippen LogP contribution in [0.4, 0.5) is 0 Å². The third kappa shape index (κ3) is 4.32. The van der Waals surface area contributed by atoms with Crippen LogP contribution in [0.25, 0.3) is 0 Å². The minimum absolute atomic E-state index is 0.0870. The van der Waals surface area contributed by atoms with Crippen LogP contribution < -0.4 is 0 Å². The van der Waals surface area contributed by atoms with Gasteiger partial charge in [0.05, 0.1) is 19.6 Å². The molecule has 1 aromatic rings. The van der Waals surface area contributed by atoms with Crippen molar-refractivity contribution in [3.8, 4) is 0 Å². The third-order valence-corrected chi connectivity index (χ3v) is 3.58. The van der Waals surface area contributed by atoms with Gasteiger partial charge in [-0.3, -0.25) is 4.79 Å². The summed E-state index contributed by atoms with van der Waals surface area (Å²) in [5, 5.41) is 10.4. The molecule has 4 nitrogen and oxygen atoms in total. The van der Waals surface area contributed by atoms with Gasteiger partial charge in [-0.25, -0.2) is 0 Å². The van der Waals surface area contributed by atoms with Gasteiger partial charge in [0.2, 0.25) is 0 Å². The Hall–Kier alpha value is -1.39. The maximum absolute atomic E-state index is 11.6. The zero-order valence-corrected chi connectivity index (χ0v) is 12.7. The molecule has 112 valence electrons. The van der Waals surface area contributed by atoms with E-state index in [0.717, 1.165) is 11.1 Å². The minimum atomic E-state index is -1.22. The number of esters is 1. The Morgan fingerprint density at radius 3 is 2.40 bits per heavy atom. The van der Waals surface area contributed by atoms with Crippen LogP contribution in [-0.2, 0) is 14.3 Å². The van der Waals surface area contributed by atoms with E-state index >= 15 is 0 Å². The Labute approximate surface area is 120 Å². The highest BCUT2D eigenvalue weighted by molar-refractivity contribution is 5.70. The van der Waals surface area contributed by atoms with Gasteiger partial charge in [-0.2, -0.15) is 0 Å². The van der Waals surface area contributed by atoms with Crippen LogP contribution in [0.1, 0.15) is 50.3 Å². The van der Waals surface area contributed by atoms with Crippen LogP contribution >= 0.6 is 0 Å². The summed E-state index contributed by atoms with van der Waals surface area (Å²) in [6, 6.07) is 7.70. The van der Waals surface area contributed by atoms with E-state index in [0.29, 0.717) is 12.8 Å². The summed E-state index contributed by atoms with van der Waals surface area (Å²) < 4.78 is 10.6. The molecular formula is C16H24O4. The molecule has 4 heteroatoms. The third-order valence-electron chi connectivity index (χ3n) is 3.58. The number of benzene rings is 1. The first-order valence-electron chi connectivity index (χ1n) is 6.98. The SMILES string of the molecule is CCC(O)(CC)O[C@H](CC(=O)OC)c1ccccc1C. The van der Waals surface area contributed by atoms with E-state index in [2.05, 4.69) is 0 Å². The summed E-state index contributed by atoms with van der Waals surface area (Å²) in [7, 11) is 1.35. The fourth-order valence-electron chi connectivity index (χ4n) is 2.08. The minimum Gasteiger partial charge on any atom is -0.469 e. The van der Waals surface area contributed by atoms with Gasteiger partial charge in [-0.1, -0.05) is 38.1 Å². The first-order valence-corrected chi connectivity index (χ1v) is 6.98. The van der Waals surface area contributed by atoms with Crippen molar-refractivity contribution in [1.29, 1.82) is 0 Å². The average molecular weight is 280 g/mol. The Morgan fingerprint density at radius 1 is 1.30 bits per heavy atom. The van der Waals surface area contributed by atoms with Crippen molar-refractivity contribution in [3.63, 3.8) is 0 Å². The van der Waals surface area contributed by atoms with Crippen molar-refractivity contribution in [1.82, 2.24) is 0 Å². The van der Waals surface area contributed by atoms with Crippen molar-refractivity contribution < 1.29 is 19.4 Å². The standard InChI is InChI=1S/C16H24O4/c1-5-16(18,6-2)20-14(11-15(17)19-4)13-10-8-7-9-12(13)3/h7-10,14,18H,5-6,11H2,1-4H3/t14-/m1/s1. The van der Waals surface area contributed by atoms with E-state index in [4.69, 9.17) is 9.47 Å². The largest absolute Gasteiger partial charge is 0.469 e. The Bertz CT molecular complexity index is 438. The molecule has 1 rings (SSSR count). The second kappa shape index (κ2) is 7.41. The normalized spacial score (nSPS) is 13.1. The van der Waals surface area contributed by atoms with Crippen molar-refractivity contribution in [2.45, 2.75) is 51.9 Å².